The first kappa shape index (κ1) is 30.2. The fraction of sp³-hybridized carbons (Fsp3) is 0.390. The van der Waals surface area contributed by atoms with E-state index in [1.807, 2.05) is 31.3 Å². The van der Waals surface area contributed by atoms with Crippen molar-refractivity contribution in [2.75, 3.05) is 0 Å². The molecule has 0 aliphatic heterocycles. The van der Waals surface area contributed by atoms with Gasteiger partial charge in [0, 0.05) is 13.1 Å². The van der Waals surface area contributed by atoms with Gasteiger partial charge in [-0.15, -0.1) is 0 Å². The molecule has 4 saturated carbocycles. The Kier molecular flexibility index (Phi) is 8.00. The fourth-order valence-corrected chi connectivity index (χ4v) is 8.97. The maximum atomic E-state index is 13.1. The predicted octanol–water partition coefficient (Wildman–Crippen LogP) is 9.70. The third kappa shape index (κ3) is 6.40. The SMILES string of the molecule is CC(Cc1ccc(OCc2nc3ccc(Oc4ccc(C56CC7CC(CC(C7)C5)C6)cc4)cc3n2C)cc1)OCc1ccc(F)cc1. The van der Waals surface area contributed by atoms with E-state index in [0.29, 0.717) is 18.6 Å². The van der Waals surface area contributed by atoms with Crippen LogP contribution in [0, 0.1) is 23.6 Å². The maximum Gasteiger partial charge on any atom is 0.147 e. The van der Waals surface area contributed by atoms with Crippen LogP contribution in [-0.4, -0.2) is 15.7 Å². The lowest BCUT2D eigenvalue weighted by Crippen LogP contribution is -2.48. The predicted molar refractivity (Wildman–Crippen MR) is 182 cm³/mol. The average molecular weight is 631 g/mol. The second-order valence-corrected chi connectivity index (χ2v) is 14.4. The summed E-state index contributed by atoms with van der Waals surface area (Å²) in [7, 11) is 2.02. The molecular weight excluding hydrogens is 587 g/mol. The van der Waals surface area contributed by atoms with Gasteiger partial charge in [0.2, 0.25) is 0 Å². The summed E-state index contributed by atoms with van der Waals surface area (Å²) in [5.41, 5.74) is 5.98. The molecule has 0 spiro atoms. The zero-order chi connectivity index (χ0) is 32.0. The number of aromatic nitrogens is 2. The summed E-state index contributed by atoms with van der Waals surface area (Å²) in [6.07, 6.45) is 9.36. The summed E-state index contributed by atoms with van der Waals surface area (Å²) < 4.78 is 33.6. The quantitative estimate of drug-likeness (QED) is 0.146. The number of aryl methyl sites for hydroxylation is 1. The molecule has 1 aromatic heterocycles. The Balaban J connectivity index is 0.864. The van der Waals surface area contributed by atoms with Gasteiger partial charge in [-0.1, -0.05) is 36.4 Å². The van der Waals surface area contributed by atoms with E-state index in [9.17, 15) is 4.39 Å². The van der Waals surface area contributed by atoms with Crippen molar-refractivity contribution in [3.8, 4) is 17.2 Å². The van der Waals surface area contributed by atoms with Crippen molar-refractivity contribution in [3.05, 3.63) is 119 Å². The highest BCUT2D eigenvalue weighted by Crippen LogP contribution is 2.60. The van der Waals surface area contributed by atoms with Crippen LogP contribution in [0.15, 0.2) is 91.0 Å². The first-order chi connectivity index (χ1) is 22.9. The molecule has 1 atom stereocenters. The van der Waals surface area contributed by atoms with Crippen LogP contribution in [0.1, 0.15) is 68.0 Å². The van der Waals surface area contributed by atoms with E-state index in [0.717, 1.165) is 63.8 Å². The summed E-state index contributed by atoms with van der Waals surface area (Å²) in [5, 5.41) is 0. The highest BCUT2D eigenvalue weighted by Gasteiger charge is 2.51. The van der Waals surface area contributed by atoms with Crippen LogP contribution in [0.2, 0.25) is 0 Å². The molecule has 6 heteroatoms. The molecule has 5 nitrogen and oxygen atoms in total. The normalized spacial score (nSPS) is 23.7. The van der Waals surface area contributed by atoms with E-state index < -0.39 is 0 Å². The number of rotatable bonds is 11. The maximum absolute atomic E-state index is 13.1. The molecule has 47 heavy (non-hydrogen) atoms. The van der Waals surface area contributed by atoms with Crippen LogP contribution < -0.4 is 9.47 Å². The van der Waals surface area contributed by atoms with E-state index in [2.05, 4.69) is 54.0 Å². The summed E-state index contributed by atoms with van der Waals surface area (Å²) in [5.74, 6) is 5.93. The second kappa shape index (κ2) is 12.5. The molecular formula is C41H43FN2O3. The molecule has 4 aromatic carbocycles. The minimum Gasteiger partial charge on any atom is -0.486 e. The lowest BCUT2D eigenvalue weighted by Gasteiger charge is -2.57. The second-order valence-electron chi connectivity index (χ2n) is 14.4. The third-order valence-corrected chi connectivity index (χ3v) is 10.9. The van der Waals surface area contributed by atoms with Gasteiger partial charge in [0.15, 0.2) is 0 Å². The van der Waals surface area contributed by atoms with E-state index in [-0.39, 0.29) is 11.9 Å². The average Bonchev–Trinajstić information content (AvgIpc) is 3.38. The van der Waals surface area contributed by atoms with Gasteiger partial charge in [0.1, 0.15) is 35.5 Å². The van der Waals surface area contributed by atoms with Crippen LogP contribution in [0.3, 0.4) is 0 Å². The van der Waals surface area contributed by atoms with Gasteiger partial charge in [-0.25, -0.2) is 9.37 Å². The van der Waals surface area contributed by atoms with Crippen molar-refractivity contribution < 1.29 is 18.6 Å². The third-order valence-electron chi connectivity index (χ3n) is 10.9. The number of benzene rings is 4. The fourth-order valence-electron chi connectivity index (χ4n) is 8.97. The van der Waals surface area contributed by atoms with E-state index in [4.69, 9.17) is 19.2 Å². The van der Waals surface area contributed by atoms with Crippen LogP contribution in [0.5, 0.6) is 17.2 Å². The molecule has 0 N–H and O–H groups in total. The molecule has 9 rings (SSSR count). The van der Waals surface area contributed by atoms with Crippen molar-refractivity contribution in [1.82, 2.24) is 9.55 Å². The topological polar surface area (TPSA) is 45.5 Å². The van der Waals surface area contributed by atoms with Crippen molar-refractivity contribution in [2.45, 2.75) is 76.6 Å². The molecule has 1 unspecified atom stereocenters. The monoisotopic (exact) mass is 630 g/mol. The Labute approximate surface area is 276 Å². The summed E-state index contributed by atoms with van der Waals surface area (Å²) >= 11 is 0. The van der Waals surface area contributed by atoms with Crippen LogP contribution >= 0.6 is 0 Å². The van der Waals surface area contributed by atoms with E-state index in [1.54, 1.807) is 12.1 Å². The van der Waals surface area contributed by atoms with Crippen molar-refractivity contribution in [1.29, 1.82) is 0 Å². The Morgan fingerprint density at radius 3 is 2.06 bits per heavy atom. The number of ether oxygens (including phenoxy) is 3. The molecule has 4 bridgehead atoms. The summed E-state index contributed by atoms with van der Waals surface area (Å²) in [6.45, 7) is 2.88. The van der Waals surface area contributed by atoms with Crippen molar-refractivity contribution >= 4 is 11.0 Å². The Morgan fingerprint density at radius 1 is 0.766 bits per heavy atom. The lowest BCUT2D eigenvalue weighted by molar-refractivity contribution is -0.00520. The van der Waals surface area contributed by atoms with Crippen LogP contribution in [0.4, 0.5) is 4.39 Å². The lowest BCUT2D eigenvalue weighted by atomic mass is 9.48. The molecule has 0 saturated heterocycles. The molecule has 0 amide bonds. The van der Waals surface area contributed by atoms with Gasteiger partial charge in [-0.05, 0) is 140 Å². The van der Waals surface area contributed by atoms with Gasteiger partial charge in [-0.3, -0.25) is 0 Å². The van der Waals surface area contributed by atoms with E-state index >= 15 is 0 Å². The van der Waals surface area contributed by atoms with E-state index in [1.165, 1.54) is 61.8 Å². The molecule has 4 aliphatic rings. The van der Waals surface area contributed by atoms with Crippen molar-refractivity contribution in [3.63, 3.8) is 0 Å². The summed E-state index contributed by atoms with van der Waals surface area (Å²) in [6, 6.07) is 29.6. The van der Waals surface area contributed by atoms with Gasteiger partial charge in [0.05, 0.1) is 23.7 Å². The van der Waals surface area contributed by atoms with Gasteiger partial charge in [-0.2, -0.15) is 0 Å². The zero-order valence-electron chi connectivity index (χ0n) is 27.3. The smallest absolute Gasteiger partial charge is 0.147 e. The first-order valence-electron chi connectivity index (χ1n) is 17.2. The first-order valence-corrected chi connectivity index (χ1v) is 17.2. The van der Waals surface area contributed by atoms with Gasteiger partial charge >= 0.3 is 0 Å². The standard InChI is InChI=1S/C41H43FN2O3/c1-27(45-25-29-3-9-34(42)10-4-29)17-28-5-11-35(12-6-28)46-26-40-43-38-16-15-37(21-39(38)44(40)2)47-36-13-7-33(8-14-36)41-22-30-18-31(23-41)20-32(19-30)24-41/h3-16,21,27,30-32H,17-20,22-26H2,1-2H3. The number of halogens is 1. The van der Waals surface area contributed by atoms with Gasteiger partial charge in [0.25, 0.3) is 0 Å². The Hall–Kier alpha value is -4.16. The zero-order valence-corrected chi connectivity index (χ0v) is 27.3. The summed E-state index contributed by atoms with van der Waals surface area (Å²) in [4.78, 5) is 4.83. The molecule has 242 valence electrons. The molecule has 4 fully saturated rings. The number of imidazole rings is 1. The van der Waals surface area contributed by atoms with Crippen LogP contribution in [0.25, 0.3) is 11.0 Å². The minimum atomic E-state index is -0.234. The van der Waals surface area contributed by atoms with Gasteiger partial charge < -0.3 is 18.8 Å². The van der Waals surface area contributed by atoms with Crippen molar-refractivity contribution in [2.24, 2.45) is 24.8 Å². The largest absolute Gasteiger partial charge is 0.486 e. The molecule has 1 heterocycles. The minimum absolute atomic E-state index is 0.0338. The highest BCUT2D eigenvalue weighted by molar-refractivity contribution is 5.77. The highest BCUT2D eigenvalue weighted by atomic mass is 19.1. The number of nitrogens with zero attached hydrogens (tertiary/aromatic N) is 2. The van der Waals surface area contributed by atoms with Crippen LogP contribution in [-0.2, 0) is 36.8 Å². The number of hydrogen-bond acceptors (Lipinski definition) is 4. The number of fused-ring (bicyclic) bond motifs is 1. The molecule has 0 radical (unpaired) electrons. The number of hydrogen-bond donors (Lipinski definition) is 0. The Morgan fingerprint density at radius 2 is 1.38 bits per heavy atom. The molecule has 4 aliphatic carbocycles. The molecule has 5 aromatic rings. The Bertz CT molecular complexity index is 1810.